The number of hydrogen-bond acceptors (Lipinski definition) is 6. The number of hydrogen-bond donors (Lipinski definition) is 2. The number of aliphatic hydroxyl groups excluding tert-OH is 1. The van der Waals surface area contributed by atoms with E-state index in [9.17, 15) is 5.11 Å². The quantitative estimate of drug-likeness (QED) is 0.865. The second-order valence-corrected chi connectivity index (χ2v) is 4.57. The summed E-state index contributed by atoms with van der Waals surface area (Å²) in [6.45, 7) is 2.22. The Balaban J connectivity index is 1.96. The number of ether oxygens (including phenoxy) is 1. The van der Waals surface area contributed by atoms with Crippen molar-refractivity contribution in [2.75, 3.05) is 19.0 Å². The van der Waals surface area contributed by atoms with Gasteiger partial charge in [0.25, 0.3) is 0 Å². The van der Waals surface area contributed by atoms with Gasteiger partial charge in [-0.15, -0.1) is 0 Å². The van der Waals surface area contributed by atoms with Gasteiger partial charge in [-0.1, -0.05) is 12.1 Å². The number of aromatic nitrogens is 2. The maximum absolute atomic E-state index is 10.0. The van der Waals surface area contributed by atoms with Crippen molar-refractivity contribution in [1.82, 2.24) is 9.36 Å². The monoisotopic (exact) mass is 265 g/mol. The molecule has 1 unspecified atom stereocenters. The Hall–Kier alpha value is -1.66. The Morgan fingerprint density at radius 3 is 3.00 bits per heavy atom. The van der Waals surface area contributed by atoms with E-state index in [0.29, 0.717) is 6.54 Å². The smallest absolute Gasteiger partial charge is 0.202 e. The van der Waals surface area contributed by atoms with Crippen LogP contribution in [0.2, 0.25) is 0 Å². The van der Waals surface area contributed by atoms with Crippen LogP contribution in [-0.2, 0) is 0 Å². The predicted octanol–water partition coefficient (Wildman–Crippen LogP) is 2.00. The Morgan fingerprint density at radius 1 is 1.50 bits per heavy atom. The van der Waals surface area contributed by atoms with Crippen LogP contribution in [0, 0.1) is 6.92 Å². The van der Waals surface area contributed by atoms with Crippen LogP contribution in [0.5, 0.6) is 5.75 Å². The molecule has 6 heteroatoms. The summed E-state index contributed by atoms with van der Waals surface area (Å²) >= 11 is 1.29. The molecule has 2 aromatic rings. The van der Waals surface area contributed by atoms with Gasteiger partial charge in [0.05, 0.1) is 13.2 Å². The molecule has 1 heterocycles. The molecular weight excluding hydrogens is 250 g/mol. The van der Waals surface area contributed by atoms with Crippen molar-refractivity contribution < 1.29 is 9.84 Å². The highest BCUT2D eigenvalue weighted by Crippen LogP contribution is 2.20. The summed E-state index contributed by atoms with van der Waals surface area (Å²) in [6.07, 6.45) is -0.607. The van der Waals surface area contributed by atoms with Gasteiger partial charge < -0.3 is 15.2 Å². The van der Waals surface area contributed by atoms with Crippen LogP contribution in [-0.4, -0.2) is 28.1 Å². The van der Waals surface area contributed by atoms with Crippen molar-refractivity contribution in [1.29, 1.82) is 0 Å². The number of nitrogens with one attached hydrogen (secondary N) is 1. The van der Waals surface area contributed by atoms with Gasteiger partial charge in [0, 0.05) is 18.1 Å². The van der Waals surface area contributed by atoms with Crippen LogP contribution in [0.3, 0.4) is 0 Å². The van der Waals surface area contributed by atoms with E-state index in [1.165, 1.54) is 11.5 Å². The minimum atomic E-state index is -0.607. The van der Waals surface area contributed by atoms with E-state index in [-0.39, 0.29) is 0 Å². The van der Waals surface area contributed by atoms with Crippen LogP contribution in [0.1, 0.15) is 17.5 Å². The van der Waals surface area contributed by atoms with Crippen molar-refractivity contribution in [3.8, 4) is 5.75 Å². The van der Waals surface area contributed by atoms with Crippen LogP contribution < -0.4 is 10.1 Å². The second kappa shape index (κ2) is 5.79. The van der Waals surface area contributed by atoms with Crippen molar-refractivity contribution >= 4 is 16.7 Å². The molecule has 2 rings (SSSR count). The Labute approximate surface area is 110 Å². The molecule has 18 heavy (non-hydrogen) atoms. The zero-order chi connectivity index (χ0) is 13.0. The summed E-state index contributed by atoms with van der Waals surface area (Å²) in [6, 6.07) is 7.38. The van der Waals surface area contributed by atoms with Crippen molar-refractivity contribution in [3.63, 3.8) is 0 Å². The van der Waals surface area contributed by atoms with E-state index in [2.05, 4.69) is 14.7 Å². The van der Waals surface area contributed by atoms with Gasteiger partial charge in [0.1, 0.15) is 11.6 Å². The Morgan fingerprint density at radius 2 is 2.33 bits per heavy atom. The first-order valence-electron chi connectivity index (χ1n) is 5.55. The fourth-order valence-electron chi connectivity index (χ4n) is 1.52. The highest BCUT2D eigenvalue weighted by atomic mass is 32.1. The topological polar surface area (TPSA) is 67.3 Å². The highest BCUT2D eigenvalue weighted by molar-refractivity contribution is 7.09. The molecule has 0 amide bonds. The second-order valence-electron chi connectivity index (χ2n) is 3.82. The van der Waals surface area contributed by atoms with E-state index in [4.69, 9.17) is 4.74 Å². The fraction of sp³-hybridized carbons (Fsp3) is 0.333. The standard InChI is InChI=1S/C12H15N3O2S/c1-8-14-12(18-15-8)13-7-11(16)9-4-3-5-10(6-9)17-2/h3-6,11,16H,7H2,1-2H3,(H,13,14,15). The first-order chi connectivity index (χ1) is 8.69. The zero-order valence-electron chi connectivity index (χ0n) is 10.3. The third-order valence-corrected chi connectivity index (χ3v) is 3.22. The van der Waals surface area contributed by atoms with Crippen LogP contribution in [0.25, 0.3) is 0 Å². The Kier molecular flexibility index (Phi) is 4.11. The molecule has 96 valence electrons. The molecule has 0 spiro atoms. The lowest BCUT2D eigenvalue weighted by atomic mass is 10.1. The summed E-state index contributed by atoms with van der Waals surface area (Å²) in [7, 11) is 1.60. The van der Waals surface area contributed by atoms with Gasteiger partial charge in [-0.3, -0.25) is 0 Å². The van der Waals surface area contributed by atoms with E-state index in [1.807, 2.05) is 31.2 Å². The van der Waals surface area contributed by atoms with E-state index in [0.717, 1.165) is 22.3 Å². The fourth-order valence-corrected chi connectivity index (χ4v) is 2.10. The van der Waals surface area contributed by atoms with Crippen molar-refractivity contribution in [2.24, 2.45) is 0 Å². The zero-order valence-corrected chi connectivity index (χ0v) is 11.1. The summed E-state index contributed by atoms with van der Waals surface area (Å²) < 4.78 is 9.18. The Bertz CT molecular complexity index is 516. The third kappa shape index (κ3) is 3.18. The summed E-state index contributed by atoms with van der Waals surface area (Å²) in [5.41, 5.74) is 0.808. The average molecular weight is 265 g/mol. The number of aliphatic hydroxyl groups is 1. The lowest BCUT2D eigenvalue weighted by Gasteiger charge is -2.12. The third-order valence-electron chi connectivity index (χ3n) is 2.45. The van der Waals surface area contributed by atoms with Gasteiger partial charge in [-0.25, -0.2) is 4.98 Å². The van der Waals surface area contributed by atoms with Gasteiger partial charge in [-0.2, -0.15) is 4.37 Å². The van der Waals surface area contributed by atoms with Gasteiger partial charge in [0.2, 0.25) is 5.13 Å². The molecule has 0 aliphatic heterocycles. The molecule has 0 saturated carbocycles. The van der Waals surface area contributed by atoms with E-state index in [1.54, 1.807) is 7.11 Å². The van der Waals surface area contributed by atoms with Gasteiger partial charge in [-0.05, 0) is 24.6 Å². The molecular formula is C12H15N3O2S. The molecule has 1 aromatic heterocycles. The predicted molar refractivity (Wildman–Crippen MR) is 71.1 cm³/mol. The molecule has 0 aliphatic carbocycles. The van der Waals surface area contributed by atoms with E-state index >= 15 is 0 Å². The SMILES string of the molecule is COc1cccc(C(O)CNc2nc(C)ns2)c1. The average Bonchev–Trinajstić information content (AvgIpc) is 2.82. The first-order valence-corrected chi connectivity index (χ1v) is 6.32. The molecule has 1 atom stereocenters. The number of nitrogens with zero attached hydrogens (tertiary/aromatic N) is 2. The maximum atomic E-state index is 10.0. The number of benzene rings is 1. The van der Waals surface area contributed by atoms with Crippen LogP contribution in [0.15, 0.2) is 24.3 Å². The summed E-state index contributed by atoms with van der Waals surface area (Å²) in [5.74, 6) is 1.47. The van der Waals surface area contributed by atoms with Crippen LogP contribution in [0.4, 0.5) is 5.13 Å². The summed E-state index contributed by atoms with van der Waals surface area (Å²) in [5, 5.41) is 13.8. The largest absolute Gasteiger partial charge is 0.497 e. The minimum absolute atomic E-state index is 0.391. The normalized spacial score (nSPS) is 12.2. The first kappa shape index (κ1) is 12.8. The number of methoxy groups -OCH3 is 1. The number of anilines is 1. The highest BCUT2D eigenvalue weighted by Gasteiger charge is 2.09. The van der Waals surface area contributed by atoms with Crippen LogP contribution >= 0.6 is 11.5 Å². The van der Waals surface area contributed by atoms with Gasteiger partial charge >= 0.3 is 0 Å². The number of rotatable bonds is 5. The van der Waals surface area contributed by atoms with E-state index < -0.39 is 6.10 Å². The lowest BCUT2D eigenvalue weighted by molar-refractivity contribution is 0.191. The summed E-state index contributed by atoms with van der Waals surface area (Å²) in [4.78, 5) is 4.17. The molecule has 5 nitrogen and oxygen atoms in total. The molecule has 2 N–H and O–H groups in total. The number of aryl methyl sites for hydroxylation is 1. The molecule has 0 bridgehead atoms. The molecule has 0 aliphatic rings. The van der Waals surface area contributed by atoms with Crippen molar-refractivity contribution in [2.45, 2.75) is 13.0 Å². The minimum Gasteiger partial charge on any atom is -0.497 e. The molecule has 0 saturated heterocycles. The molecule has 0 fully saturated rings. The molecule has 1 aromatic carbocycles. The molecule has 0 radical (unpaired) electrons. The van der Waals surface area contributed by atoms with Gasteiger partial charge in [0.15, 0.2) is 0 Å². The van der Waals surface area contributed by atoms with Crippen molar-refractivity contribution in [3.05, 3.63) is 35.7 Å². The maximum Gasteiger partial charge on any atom is 0.202 e. The lowest BCUT2D eigenvalue weighted by Crippen LogP contribution is -2.12.